The van der Waals surface area contributed by atoms with Crippen molar-refractivity contribution in [2.75, 3.05) is 6.61 Å². The molecule has 0 aliphatic carbocycles. The van der Waals surface area contributed by atoms with Crippen LogP contribution in [-0.2, 0) is 0 Å². The van der Waals surface area contributed by atoms with Gasteiger partial charge in [-0.05, 0) is 48.6 Å². The van der Waals surface area contributed by atoms with Crippen LogP contribution in [0.1, 0.15) is 29.0 Å². The zero-order chi connectivity index (χ0) is 15.4. The van der Waals surface area contributed by atoms with Gasteiger partial charge < -0.3 is 14.6 Å². The summed E-state index contributed by atoms with van der Waals surface area (Å²) in [5.41, 5.74) is 1.33. The molecule has 114 valence electrons. The van der Waals surface area contributed by atoms with Crippen molar-refractivity contribution in [3.8, 4) is 11.5 Å². The topological polar surface area (TPSA) is 38.7 Å². The average molecular weight is 314 g/mol. The Morgan fingerprint density at radius 3 is 2.52 bits per heavy atom. The molecule has 2 aromatic rings. The van der Waals surface area contributed by atoms with Crippen molar-refractivity contribution in [2.24, 2.45) is 0 Å². The zero-order valence-corrected chi connectivity index (χ0v) is 12.5. The van der Waals surface area contributed by atoms with E-state index >= 15 is 0 Å². The SMILES string of the molecule is CCOc1cc(C(O)c2csc(C)c2)ccc1OC(F)F. The predicted molar refractivity (Wildman–Crippen MR) is 77.4 cm³/mol. The van der Waals surface area contributed by atoms with Crippen LogP contribution in [0.4, 0.5) is 8.78 Å². The lowest BCUT2D eigenvalue weighted by atomic mass is 10.0. The molecule has 21 heavy (non-hydrogen) atoms. The molecule has 0 spiro atoms. The normalized spacial score (nSPS) is 12.5. The van der Waals surface area contributed by atoms with Gasteiger partial charge in [0, 0.05) is 4.88 Å². The Hall–Kier alpha value is -1.66. The van der Waals surface area contributed by atoms with Gasteiger partial charge in [-0.15, -0.1) is 11.3 Å². The molecule has 0 fully saturated rings. The van der Waals surface area contributed by atoms with Crippen LogP contribution in [0.3, 0.4) is 0 Å². The lowest BCUT2D eigenvalue weighted by molar-refractivity contribution is -0.0514. The Balaban J connectivity index is 2.30. The number of hydrogen-bond acceptors (Lipinski definition) is 4. The second kappa shape index (κ2) is 6.87. The van der Waals surface area contributed by atoms with Crippen LogP contribution in [0.2, 0.25) is 0 Å². The highest BCUT2D eigenvalue weighted by Gasteiger charge is 2.17. The molecule has 1 aromatic carbocycles. The van der Waals surface area contributed by atoms with Crippen LogP contribution < -0.4 is 9.47 Å². The van der Waals surface area contributed by atoms with Crippen molar-refractivity contribution in [1.82, 2.24) is 0 Å². The molecule has 2 rings (SSSR count). The van der Waals surface area contributed by atoms with Crippen molar-refractivity contribution in [3.05, 3.63) is 45.6 Å². The fourth-order valence-corrected chi connectivity index (χ4v) is 2.68. The largest absolute Gasteiger partial charge is 0.490 e. The Bertz CT molecular complexity index is 598. The van der Waals surface area contributed by atoms with Crippen molar-refractivity contribution in [2.45, 2.75) is 26.6 Å². The highest BCUT2D eigenvalue weighted by molar-refractivity contribution is 7.10. The Kier molecular flexibility index (Phi) is 5.14. The van der Waals surface area contributed by atoms with Gasteiger partial charge in [-0.2, -0.15) is 8.78 Å². The molecule has 0 aliphatic rings. The Morgan fingerprint density at radius 1 is 1.19 bits per heavy atom. The monoisotopic (exact) mass is 314 g/mol. The summed E-state index contributed by atoms with van der Waals surface area (Å²) in [6, 6.07) is 6.35. The van der Waals surface area contributed by atoms with Crippen LogP contribution in [0.15, 0.2) is 29.6 Å². The maximum atomic E-state index is 12.3. The minimum atomic E-state index is -2.92. The van der Waals surface area contributed by atoms with Gasteiger partial charge in [0.05, 0.1) is 6.61 Å². The maximum absolute atomic E-state index is 12.3. The van der Waals surface area contributed by atoms with Crippen molar-refractivity contribution in [1.29, 1.82) is 0 Å². The number of aliphatic hydroxyl groups is 1. The van der Waals surface area contributed by atoms with Gasteiger partial charge in [-0.3, -0.25) is 0 Å². The summed E-state index contributed by atoms with van der Waals surface area (Å²) in [7, 11) is 0. The zero-order valence-electron chi connectivity index (χ0n) is 11.7. The van der Waals surface area contributed by atoms with Gasteiger partial charge >= 0.3 is 6.61 Å². The summed E-state index contributed by atoms with van der Waals surface area (Å²) in [4.78, 5) is 1.09. The van der Waals surface area contributed by atoms with E-state index in [-0.39, 0.29) is 11.5 Å². The standard InChI is InChI=1S/C15H16F2O3S/c1-3-19-13-7-10(4-5-12(13)20-15(16)17)14(18)11-6-9(2)21-8-11/h4-8,14-15,18H,3H2,1-2H3. The molecule has 0 aliphatic heterocycles. The second-order valence-electron chi connectivity index (χ2n) is 4.41. The number of aliphatic hydroxyl groups excluding tert-OH is 1. The predicted octanol–water partition coefficient (Wildman–Crippen LogP) is 4.14. The van der Waals surface area contributed by atoms with Crippen molar-refractivity contribution >= 4 is 11.3 Å². The number of alkyl halides is 2. The number of hydrogen-bond donors (Lipinski definition) is 1. The molecule has 0 amide bonds. The molecule has 1 heterocycles. The summed E-state index contributed by atoms with van der Waals surface area (Å²) in [6.45, 7) is 1.10. The van der Waals surface area contributed by atoms with E-state index in [1.54, 1.807) is 13.0 Å². The van der Waals surface area contributed by atoms with E-state index in [4.69, 9.17) is 4.74 Å². The number of benzene rings is 1. The quantitative estimate of drug-likeness (QED) is 0.871. The number of rotatable bonds is 6. The van der Waals surface area contributed by atoms with Gasteiger partial charge in [0.1, 0.15) is 6.10 Å². The second-order valence-corrected chi connectivity index (χ2v) is 5.53. The summed E-state index contributed by atoms with van der Waals surface area (Å²) >= 11 is 1.54. The lowest BCUT2D eigenvalue weighted by Crippen LogP contribution is -2.06. The van der Waals surface area contributed by atoms with E-state index < -0.39 is 12.7 Å². The van der Waals surface area contributed by atoms with Crippen LogP contribution in [0.25, 0.3) is 0 Å². The van der Waals surface area contributed by atoms with E-state index in [1.807, 2.05) is 18.4 Å². The first-order chi connectivity index (χ1) is 10.0. The van der Waals surface area contributed by atoms with E-state index in [1.165, 1.54) is 23.5 Å². The van der Waals surface area contributed by atoms with Crippen molar-refractivity contribution in [3.63, 3.8) is 0 Å². The van der Waals surface area contributed by atoms with Gasteiger partial charge in [0.15, 0.2) is 11.5 Å². The molecule has 0 radical (unpaired) electrons. The summed E-state index contributed by atoms with van der Waals surface area (Å²) < 4.78 is 34.4. The number of aryl methyl sites for hydroxylation is 1. The van der Waals surface area contributed by atoms with Crippen LogP contribution in [0.5, 0.6) is 11.5 Å². The summed E-state index contributed by atoms with van der Waals surface area (Å²) in [5.74, 6) is 0.158. The van der Waals surface area contributed by atoms with Gasteiger partial charge in [0.2, 0.25) is 0 Å². The van der Waals surface area contributed by atoms with Crippen LogP contribution in [-0.4, -0.2) is 18.3 Å². The third-order valence-corrected chi connectivity index (χ3v) is 3.75. The fourth-order valence-electron chi connectivity index (χ4n) is 1.96. The number of halogens is 2. The molecule has 0 saturated heterocycles. The van der Waals surface area contributed by atoms with E-state index in [0.29, 0.717) is 12.2 Å². The number of thiophene rings is 1. The van der Waals surface area contributed by atoms with Gasteiger partial charge in [-0.1, -0.05) is 6.07 Å². The maximum Gasteiger partial charge on any atom is 0.387 e. The fraction of sp³-hybridized carbons (Fsp3) is 0.333. The molecule has 1 aromatic heterocycles. The minimum absolute atomic E-state index is 0.0377. The summed E-state index contributed by atoms with van der Waals surface area (Å²) in [6.07, 6.45) is -0.824. The first-order valence-electron chi connectivity index (χ1n) is 6.46. The Morgan fingerprint density at radius 2 is 1.95 bits per heavy atom. The van der Waals surface area contributed by atoms with Gasteiger partial charge in [-0.25, -0.2) is 0 Å². The molecule has 1 atom stereocenters. The van der Waals surface area contributed by atoms with Crippen molar-refractivity contribution < 1.29 is 23.4 Å². The van der Waals surface area contributed by atoms with E-state index in [2.05, 4.69) is 4.74 Å². The third-order valence-electron chi connectivity index (χ3n) is 2.87. The molecule has 6 heteroatoms. The van der Waals surface area contributed by atoms with Crippen LogP contribution in [0, 0.1) is 6.92 Å². The third kappa shape index (κ3) is 3.92. The van der Waals surface area contributed by atoms with E-state index in [0.717, 1.165) is 10.4 Å². The molecule has 1 N–H and O–H groups in total. The molecule has 1 unspecified atom stereocenters. The summed E-state index contributed by atoms with van der Waals surface area (Å²) in [5, 5.41) is 12.2. The minimum Gasteiger partial charge on any atom is -0.490 e. The smallest absolute Gasteiger partial charge is 0.387 e. The van der Waals surface area contributed by atoms with E-state index in [9.17, 15) is 13.9 Å². The highest BCUT2D eigenvalue weighted by Crippen LogP contribution is 2.34. The molecule has 0 saturated carbocycles. The van der Waals surface area contributed by atoms with Gasteiger partial charge in [0.25, 0.3) is 0 Å². The highest BCUT2D eigenvalue weighted by atomic mass is 32.1. The lowest BCUT2D eigenvalue weighted by Gasteiger charge is -2.15. The average Bonchev–Trinajstić information content (AvgIpc) is 2.86. The first kappa shape index (κ1) is 15.7. The molecule has 0 bridgehead atoms. The number of ether oxygens (including phenoxy) is 2. The molecular formula is C15H16F2O3S. The first-order valence-corrected chi connectivity index (χ1v) is 7.34. The molecular weight excluding hydrogens is 298 g/mol. The Labute approximate surface area is 125 Å². The van der Waals surface area contributed by atoms with Crippen LogP contribution >= 0.6 is 11.3 Å². The molecule has 3 nitrogen and oxygen atoms in total.